The van der Waals surface area contributed by atoms with Crippen LogP contribution >= 0.6 is 0 Å². The summed E-state index contributed by atoms with van der Waals surface area (Å²) in [5, 5.41) is 2.95. The Balaban J connectivity index is 1.71. The smallest absolute Gasteiger partial charge is 0.217 e. The molecule has 1 atom stereocenters. The summed E-state index contributed by atoms with van der Waals surface area (Å²) in [6.07, 6.45) is 0. The second kappa shape index (κ2) is 7.41. The lowest BCUT2D eigenvalue weighted by Crippen LogP contribution is -2.50. The van der Waals surface area contributed by atoms with E-state index in [9.17, 15) is 4.79 Å². The molecule has 1 fully saturated rings. The third-order valence-corrected chi connectivity index (χ3v) is 3.70. The summed E-state index contributed by atoms with van der Waals surface area (Å²) in [6.45, 7) is 9.98. The monoisotopic (exact) mass is 275 g/mol. The molecule has 1 aromatic rings. The first-order valence-electron chi connectivity index (χ1n) is 7.39. The zero-order valence-electron chi connectivity index (χ0n) is 12.5. The Morgan fingerprint density at radius 2 is 1.75 bits per heavy atom. The average Bonchev–Trinajstić information content (AvgIpc) is 2.41. The van der Waals surface area contributed by atoms with Crippen molar-refractivity contribution < 1.29 is 4.79 Å². The van der Waals surface area contributed by atoms with Gasteiger partial charge in [0.2, 0.25) is 5.91 Å². The van der Waals surface area contributed by atoms with E-state index in [1.165, 1.54) is 5.56 Å². The number of carbonyl (C=O) groups excluding carboxylic acids is 1. The highest BCUT2D eigenvalue weighted by Crippen LogP contribution is 2.08. The number of hydrogen-bond acceptors (Lipinski definition) is 3. The van der Waals surface area contributed by atoms with Gasteiger partial charge in [0, 0.05) is 52.2 Å². The first-order chi connectivity index (χ1) is 9.63. The number of nitrogens with zero attached hydrogens (tertiary/aromatic N) is 2. The highest BCUT2D eigenvalue weighted by molar-refractivity contribution is 5.73. The van der Waals surface area contributed by atoms with Crippen molar-refractivity contribution in [2.24, 2.45) is 0 Å². The van der Waals surface area contributed by atoms with Crippen molar-refractivity contribution >= 4 is 5.91 Å². The van der Waals surface area contributed by atoms with Gasteiger partial charge in [0.15, 0.2) is 0 Å². The summed E-state index contributed by atoms with van der Waals surface area (Å²) >= 11 is 0. The Kier molecular flexibility index (Phi) is 5.56. The van der Waals surface area contributed by atoms with Gasteiger partial charge >= 0.3 is 0 Å². The molecule has 1 saturated heterocycles. The van der Waals surface area contributed by atoms with E-state index in [2.05, 4.69) is 52.4 Å². The van der Waals surface area contributed by atoms with Crippen LogP contribution in [0.1, 0.15) is 19.4 Å². The number of piperazine rings is 1. The van der Waals surface area contributed by atoms with Gasteiger partial charge in [-0.2, -0.15) is 0 Å². The predicted molar refractivity (Wildman–Crippen MR) is 81.4 cm³/mol. The van der Waals surface area contributed by atoms with Crippen LogP contribution in [0.5, 0.6) is 0 Å². The van der Waals surface area contributed by atoms with Gasteiger partial charge in [-0.15, -0.1) is 0 Å². The molecule has 4 nitrogen and oxygen atoms in total. The summed E-state index contributed by atoms with van der Waals surface area (Å²) in [4.78, 5) is 15.9. The van der Waals surface area contributed by atoms with E-state index in [-0.39, 0.29) is 11.9 Å². The standard InChI is InChI=1S/C16H25N3O/c1-14(17-15(2)20)12-18-8-10-19(11-9-18)13-16-6-4-3-5-7-16/h3-7,14H,8-13H2,1-2H3,(H,17,20)/t14-/m0/s1. The highest BCUT2D eigenvalue weighted by atomic mass is 16.1. The molecule has 0 radical (unpaired) electrons. The van der Waals surface area contributed by atoms with Crippen LogP contribution in [0, 0.1) is 0 Å². The van der Waals surface area contributed by atoms with Crippen LogP contribution in [0.2, 0.25) is 0 Å². The fourth-order valence-electron chi connectivity index (χ4n) is 2.75. The van der Waals surface area contributed by atoms with Crippen LogP contribution in [-0.4, -0.2) is 54.5 Å². The third kappa shape index (κ3) is 4.94. The number of carbonyl (C=O) groups is 1. The zero-order valence-corrected chi connectivity index (χ0v) is 12.5. The minimum atomic E-state index is 0.0558. The third-order valence-electron chi connectivity index (χ3n) is 3.70. The molecule has 0 aromatic heterocycles. The van der Waals surface area contributed by atoms with Gasteiger partial charge in [-0.25, -0.2) is 0 Å². The molecule has 1 aliphatic rings. The molecule has 1 heterocycles. The highest BCUT2D eigenvalue weighted by Gasteiger charge is 2.18. The average molecular weight is 275 g/mol. The van der Waals surface area contributed by atoms with E-state index in [4.69, 9.17) is 0 Å². The molecule has 1 aromatic carbocycles. The zero-order chi connectivity index (χ0) is 14.4. The predicted octanol–water partition coefficient (Wildman–Crippen LogP) is 1.33. The van der Waals surface area contributed by atoms with Crippen LogP contribution < -0.4 is 5.32 Å². The van der Waals surface area contributed by atoms with Gasteiger partial charge < -0.3 is 5.32 Å². The van der Waals surface area contributed by atoms with Crippen molar-refractivity contribution in [1.82, 2.24) is 15.1 Å². The van der Waals surface area contributed by atoms with Gasteiger partial charge in [0.05, 0.1) is 0 Å². The molecule has 2 rings (SSSR count). The van der Waals surface area contributed by atoms with E-state index in [0.717, 1.165) is 39.3 Å². The molecule has 20 heavy (non-hydrogen) atoms. The Hall–Kier alpha value is -1.39. The molecule has 0 unspecified atom stereocenters. The van der Waals surface area contributed by atoms with Crippen LogP contribution in [0.3, 0.4) is 0 Å². The quantitative estimate of drug-likeness (QED) is 0.880. The van der Waals surface area contributed by atoms with Crippen molar-refractivity contribution in [2.45, 2.75) is 26.4 Å². The SMILES string of the molecule is CC(=O)N[C@@H](C)CN1CCN(Cc2ccccc2)CC1. The number of nitrogens with one attached hydrogen (secondary N) is 1. The van der Waals surface area contributed by atoms with Gasteiger partial charge in [0.25, 0.3) is 0 Å². The van der Waals surface area contributed by atoms with E-state index >= 15 is 0 Å². The van der Waals surface area contributed by atoms with Gasteiger partial charge in [-0.05, 0) is 12.5 Å². The molecule has 1 N–H and O–H groups in total. The summed E-state index contributed by atoms with van der Waals surface area (Å²) in [5.41, 5.74) is 1.38. The Labute approximate surface area is 121 Å². The molecule has 0 spiro atoms. The molecular formula is C16H25N3O. The van der Waals surface area contributed by atoms with Crippen molar-refractivity contribution in [1.29, 1.82) is 0 Å². The normalized spacial score (nSPS) is 18.7. The Morgan fingerprint density at radius 3 is 2.35 bits per heavy atom. The molecule has 1 aliphatic heterocycles. The summed E-state index contributed by atoms with van der Waals surface area (Å²) in [6, 6.07) is 10.9. The molecule has 110 valence electrons. The number of benzene rings is 1. The maximum atomic E-state index is 11.0. The topological polar surface area (TPSA) is 35.6 Å². The lowest BCUT2D eigenvalue weighted by Gasteiger charge is -2.36. The van der Waals surface area contributed by atoms with Crippen LogP contribution in [0.4, 0.5) is 0 Å². The molecule has 1 amide bonds. The fraction of sp³-hybridized carbons (Fsp3) is 0.562. The first kappa shape index (κ1) is 15.0. The van der Waals surface area contributed by atoms with E-state index in [1.807, 2.05) is 0 Å². The Bertz CT molecular complexity index is 413. The molecule has 0 saturated carbocycles. The largest absolute Gasteiger partial charge is 0.353 e. The van der Waals surface area contributed by atoms with Crippen molar-refractivity contribution in [3.05, 3.63) is 35.9 Å². The van der Waals surface area contributed by atoms with Crippen LogP contribution in [-0.2, 0) is 11.3 Å². The van der Waals surface area contributed by atoms with Crippen molar-refractivity contribution in [2.75, 3.05) is 32.7 Å². The number of rotatable bonds is 5. The maximum absolute atomic E-state index is 11.0. The lowest BCUT2D eigenvalue weighted by molar-refractivity contribution is -0.119. The summed E-state index contributed by atoms with van der Waals surface area (Å²) in [7, 11) is 0. The molecule has 0 aliphatic carbocycles. The minimum absolute atomic E-state index is 0.0558. The second-order valence-electron chi connectivity index (χ2n) is 5.66. The van der Waals surface area contributed by atoms with Crippen molar-refractivity contribution in [3.8, 4) is 0 Å². The molecule has 0 bridgehead atoms. The Morgan fingerprint density at radius 1 is 1.15 bits per heavy atom. The number of amides is 1. The van der Waals surface area contributed by atoms with Crippen LogP contribution in [0.15, 0.2) is 30.3 Å². The lowest BCUT2D eigenvalue weighted by atomic mass is 10.2. The van der Waals surface area contributed by atoms with Gasteiger partial charge in [-0.1, -0.05) is 30.3 Å². The van der Waals surface area contributed by atoms with E-state index < -0.39 is 0 Å². The maximum Gasteiger partial charge on any atom is 0.217 e. The molecule has 4 heteroatoms. The van der Waals surface area contributed by atoms with E-state index in [0.29, 0.717) is 0 Å². The minimum Gasteiger partial charge on any atom is -0.353 e. The van der Waals surface area contributed by atoms with Crippen LogP contribution in [0.25, 0.3) is 0 Å². The molecular weight excluding hydrogens is 250 g/mol. The number of hydrogen-bond donors (Lipinski definition) is 1. The van der Waals surface area contributed by atoms with Gasteiger partial charge in [-0.3, -0.25) is 14.6 Å². The van der Waals surface area contributed by atoms with Crippen molar-refractivity contribution in [3.63, 3.8) is 0 Å². The fourth-order valence-corrected chi connectivity index (χ4v) is 2.75. The first-order valence-corrected chi connectivity index (χ1v) is 7.39. The second-order valence-corrected chi connectivity index (χ2v) is 5.66. The summed E-state index contributed by atoms with van der Waals surface area (Å²) in [5.74, 6) is 0.0558. The van der Waals surface area contributed by atoms with E-state index in [1.54, 1.807) is 6.92 Å². The van der Waals surface area contributed by atoms with Gasteiger partial charge in [0.1, 0.15) is 0 Å². The summed E-state index contributed by atoms with van der Waals surface area (Å²) < 4.78 is 0.